The highest BCUT2D eigenvalue weighted by Crippen LogP contribution is 2.22. The van der Waals surface area contributed by atoms with Gasteiger partial charge in [-0.3, -0.25) is 4.79 Å². The molecule has 17 heavy (non-hydrogen) atoms. The van der Waals surface area contributed by atoms with Gasteiger partial charge in [-0.15, -0.1) is 11.6 Å². The highest BCUT2D eigenvalue weighted by atomic mass is 79.9. The van der Waals surface area contributed by atoms with E-state index in [2.05, 4.69) is 15.9 Å². The predicted octanol–water partition coefficient (Wildman–Crippen LogP) is 3.36. The van der Waals surface area contributed by atoms with Gasteiger partial charge in [0, 0.05) is 16.1 Å². The van der Waals surface area contributed by atoms with Crippen molar-refractivity contribution in [1.82, 2.24) is 0 Å². The summed E-state index contributed by atoms with van der Waals surface area (Å²) in [6.07, 6.45) is 2.49. The van der Waals surface area contributed by atoms with E-state index in [0.29, 0.717) is 15.6 Å². The van der Waals surface area contributed by atoms with Crippen molar-refractivity contribution in [3.63, 3.8) is 0 Å². The van der Waals surface area contributed by atoms with Crippen LogP contribution in [0.25, 0.3) is 6.08 Å². The fourth-order valence-electron chi connectivity index (χ4n) is 1.22. The quantitative estimate of drug-likeness (QED) is 0.526. The second kappa shape index (κ2) is 5.98. The lowest BCUT2D eigenvalue weighted by Crippen LogP contribution is -2.11. The second-order valence-electron chi connectivity index (χ2n) is 3.39. The van der Waals surface area contributed by atoms with Crippen molar-refractivity contribution in [3.8, 4) is 0 Å². The van der Waals surface area contributed by atoms with Crippen molar-refractivity contribution < 1.29 is 14.7 Å². The summed E-state index contributed by atoms with van der Waals surface area (Å²) in [6, 6.07) is 4.95. The van der Waals surface area contributed by atoms with Gasteiger partial charge in [0.25, 0.3) is 0 Å². The highest BCUT2D eigenvalue weighted by molar-refractivity contribution is 9.10. The maximum absolute atomic E-state index is 11.7. The molecular weight excluding hydrogens is 307 g/mol. The number of carbonyl (C=O) groups excluding carboxylic acids is 1. The van der Waals surface area contributed by atoms with Gasteiger partial charge in [-0.25, -0.2) is 4.79 Å². The molecule has 0 radical (unpaired) electrons. The van der Waals surface area contributed by atoms with Crippen LogP contribution in [-0.2, 0) is 4.79 Å². The van der Waals surface area contributed by atoms with Crippen LogP contribution < -0.4 is 0 Å². The number of rotatable bonds is 4. The number of carboxylic acid groups (broad SMARTS) is 1. The zero-order valence-corrected chi connectivity index (χ0v) is 11.3. The molecule has 1 atom stereocenters. The normalized spacial score (nSPS) is 12.6. The summed E-state index contributed by atoms with van der Waals surface area (Å²) in [6.45, 7) is 1.61. The monoisotopic (exact) mass is 316 g/mol. The molecule has 0 saturated heterocycles. The lowest BCUT2D eigenvalue weighted by atomic mass is 10.1. The van der Waals surface area contributed by atoms with Crippen molar-refractivity contribution in [2.45, 2.75) is 12.3 Å². The molecule has 1 rings (SSSR count). The fraction of sp³-hybridized carbons (Fsp3) is 0.167. The number of aliphatic carboxylic acids is 1. The molecule has 0 saturated carbocycles. The third kappa shape index (κ3) is 3.98. The largest absolute Gasteiger partial charge is 0.478 e. The number of benzene rings is 1. The molecule has 0 aliphatic heterocycles. The zero-order chi connectivity index (χ0) is 13.0. The van der Waals surface area contributed by atoms with Crippen LogP contribution in [0.3, 0.4) is 0 Å². The van der Waals surface area contributed by atoms with E-state index < -0.39 is 11.3 Å². The first kappa shape index (κ1) is 13.9. The number of alkyl halides is 1. The Morgan fingerprint density at radius 2 is 2.12 bits per heavy atom. The Kier molecular flexibility index (Phi) is 4.90. The van der Waals surface area contributed by atoms with Crippen molar-refractivity contribution in [2.75, 3.05) is 0 Å². The third-order valence-corrected chi connectivity index (χ3v) is 2.89. The number of Topliss-reactive ketones (excluding diaryl/α,β-unsaturated/α-hetero) is 1. The molecule has 0 aliphatic carbocycles. The molecule has 1 N–H and O–H groups in total. The summed E-state index contributed by atoms with van der Waals surface area (Å²) >= 11 is 8.98. The number of ketones is 1. The van der Waals surface area contributed by atoms with Crippen molar-refractivity contribution in [2.24, 2.45) is 0 Å². The fourth-order valence-corrected chi connectivity index (χ4v) is 1.93. The summed E-state index contributed by atoms with van der Waals surface area (Å²) < 4.78 is 0.600. The van der Waals surface area contributed by atoms with Crippen LogP contribution in [0.5, 0.6) is 0 Å². The van der Waals surface area contributed by atoms with Gasteiger partial charge in [-0.1, -0.05) is 22.0 Å². The summed E-state index contributed by atoms with van der Waals surface area (Å²) in [5, 5.41) is 7.90. The lowest BCUT2D eigenvalue weighted by Gasteiger charge is -2.06. The van der Waals surface area contributed by atoms with Gasteiger partial charge >= 0.3 is 5.97 Å². The summed E-state index contributed by atoms with van der Waals surface area (Å²) in [5.74, 6) is -1.19. The molecule has 90 valence electrons. The molecule has 1 aromatic carbocycles. The first-order chi connectivity index (χ1) is 7.91. The second-order valence-corrected chi connectivity index (χ2v) is 4.90. The summed E-state index contributed by atoms with van der Waals surface area (Å²) in [7, 11) is 0. The number of hydrogen-bond donors (Lipinski definition) is 1. The Hall–Kier alpha value is -1.13. The molecule has 0 fully saturated rings. The maximum Gasteiger partial charge on any atom is 0.328 e. The van der Waals surface area contributed by atoms with Crippen molar-refractivity contribution >= 4 is 45.4 Å². The molecule has 5 heteroatoms. The predicted molar refractivity (Wildman–Crippen MR) is 70.5 cm³/mol. The minimum Gasteiger partial charge on any atom is -0.478 e. The molecule has 0 bridgehead atoms. The van der Waals surface area contributed by atoms with E-state index in [9.17, 15) is 9.59 Å². The summed E-state index contributed by atoms with van der Waals surface area (Å²) in [5.41, 5.74) is 1.18. The van der Waals surface area contributed by atoms with Crippen LogP contribution in [-0.4, -0.2) is 22.2 Å². The van der Waals surface area contributed by atoms with Gasteiger partial charge in [0.15, 0.2) is 5.78 Å². The third-order valence-electron chi connectivity index (χ3n) is 2.04. The number of carboxylic acids is 1. The van der Waals surface area contributed by atoms with Crippen LogP contribution in [0.4, 0.5) is 0 Å². The van der Waals surface area contributed by atoms with E-state index in [1.54, 1.807) is 25.1 Å². The molecule has 0 spiro atoms. The van der Waals surface area contributed by atoms with Gasteiger partial charge in [-0.05, 0) is 30.7 Å². The van der Waals surface area contributed by atoms with Gasteiger partial charge < -0.3 is 5.11 Å². The van der Waals surface area contributed by atoms with E-state index in [1.165, 1.54) is 6.08 Å². The summed E-state index contributed by atoms with van der Waals surface area (Å²) in [4.78, 5) is 22.0. The van der Waals surface area contributed by atoms with E-state index in [4.69, 9.17) is 16.7 Å². The maximum atomic E-state index is 11.7. The van der Waals surface area contributed by atoms with E-state index in [-0.39, 0.29) is 5.78 Å². The minimum absolute atomic E-state index is 0.174. The molecule has 0 amide bonds. The van der Waals surface area contributed by atoms with Crippen molar-refractivity contribution in [3.05, 3.63) is 39.9 Å². The van der Waals surface area contributed by atoms with Crippen LogP contribution in [0.2, 0.25) is 0 Å². The standard InChI is InChI=1S/C12H10BrClO3/c1-7(14)12(17)9-4-2-8(6-10(9)13)3-5-11(15)16/h2-7H,1H3,(H,15,16)/b5-3+. The Bertz CT molecular complexity index is 481. The van der Waals surface area contributed by atoms with E-state index >= 15 is 0 Å². The van der Waals surface area contributed by atoms with E-state index in [1.807, 2.05) is 0 Å². The van der Waals surface area contributed by atoms with Gasteiger partial charge in [0.1, 0.15) is 0 Å². The molecule has 0 heterocycles. The van der Waals surface area contributed by atoms with E-state index in [0.717, 1.165) is 6.08 Å². The zero-order valence-electron chi connectivity index (χ0n) is 8.98. The Balaban J connectivity index is 3.02. The SMILES string of the molecule is CC(Cl)C(=O)c1ccc(/C=C/C(=O)O)cc1Br. The first-order valence-electron chi connectivity index (χ1n) is 4.80. The smallest absolute Gasteiger partial charge is 0.328 e. The first-order valence-corrected chi connectivity index (χ1v) is 6.03. The molecule has 1 aromatic rings. The van der Waals surface area contributed by atoms with Crippen LogP contribution >= 0.6 is 27.5 Å². The van der Waals surface area contributed by atoms with Gasteiger partial charge in [-0.2, -0.15) is 0 Å². The Morgan fingerprint density at radius 1 is 1.47 bits per heavy atom. The average Bonchev–Trinajstić information content (AvgIpc) is 2.25. The van der Waals surface area contributed by atoms with Crippen LogP contribution in [0.15, 0.2) is 28.7 Å². The van der Waals surface area contributed by atoms with Gasteiger partial charge in [0.2, 0.25) is 0 Å². The molecule has 0 aromatic heterocycles. The minimum atomic E-state index is -1.02. The molecule has 3 nitrogen and oxygen atoms in total. The number of halogens is 2. The Labute approximate surface area is 112 Å². The Morgan fingerprint density at radius 3 is 2.59 bits per heavy atom. The molecule has 1 unspecified atom stereocenters. The van der Waals surface area contributed by atoms with Gasteiger partial charge in [0.05, 0.1) is 5.38 Å². The highest BCUT2D eigenvalue weighted by Gasteiger charge is 2.15. The molecule has 0 aliphatic rings. The topological polar surface area (TPSA) is 54.4 Å². The van der Waals surface area contributed by atoms with Crippen LogP contribution in [0.1, 0.15) is 22.8 Å². The van der Waals surface area contributed by atoms with Crippen LogP contribution in [0, 0.1) is 0 Å². The lowest BCUT2D eigenvalue weighted by molar-refractivity contribution is -0.131. The van der Waals surface area contributed by atoms with Crippen molar-refractivity contribution in [1.29, 1.82) is 0 Å². The molecular formula is C12H10BrClO3. The average molecular weight is 318 g/mol. The number of carbonyl (C=O) groups is 2. The number of hydrogen-bond acceptors (Lipinski definition) is 2.